The van der Waals surface area contributed by atoms with Crippen LogP contribution in [0.5, 0.6) is 0 Å². The summed E-state index contributed by atoms with van der Waals surface area (Å²) < 4.78 is 5.53. The summed E-state index contributed by atoms with van der Waals surface area (Å²) in [6.45, 7) is 5.70. The highest BCUT2D eigenvalue weighted by Gasteiger charge is 2.32. The van der Waals surface area contributed by atoms with Crippen molar-refractivity contribution >= 4 is 0 Å². The largest absolute Gasteiger partial charge is 0.378 e. The van der Waals surface area contributed by atoms with Crippen molar-refractivity contribution in [1.82, 2.24) is 0 Å². The van der Waals surface area contributed by atoms with Gasteiger partial charge in [0.05, 0.1) is 12.7 Å². The van der Waals surface area contributed by atoms with Crippen LogP contribution in [-0.2, 0) is 9.57 Å². The van der Waals surface area contributed by atoms with Gasteiger partial charge in [0.2, 0.25) is 0 Å². The van der Waals surface area contributed by atoms with Crippen LogP contribution in [0.25, 0.3) is 0 Å². The second-order valence-electron chi connectivity index (χ2n) is 3.80. The predicted octanol–water partition coefficient (Wildman–Crippen LogP) is 1.08. The molecule has 1 heterocycles. The van der Waals surface area contributed by atoms with E-state index in [2.05, 4.69) is 18.7 Å². The fourth-order valence-corrected chi connectivity index (χ4v) is 1.50. The van der Waals surface area contributed by atoms with Gasteiger partial charge in [-0.1, -0.05) is 13.8 Å². The van der Waals surface area contributed by atoms with Crippen LogP contribution < -0.4 is 5.90 Å². The lowest BCUT2D eigenvalue weighted by molar-refractivity contribution is -0.0375. The Labute approximate surface area is 67.8 Å². The molecule has 1 rings (SSSR count). The molecular formula is C8H17NO2. The molecule has 66 valence electrons. The van der Waals surface area contributed by atoms with Gasteiger partial charge in [0.15, 0.2) is 0 Å². The first-order valence-electron chi connectivity index (χ1n) is 4.10. The molecule has 0 bridgehead atoms. The molecule has 0 aromatic carbocycles. The van der Waals surface area contributed by atoms with Gasteiger partial charge in [-0.05, 0) is 12.8 Å². The maximum atomic E-state index is 5.53. The first-order chi connectivity index (χ1) is 5.17. The average molecular weight is 159 g/mol. The van der Waals surface area contributed by atoms with Crippen LogP contribution in [0, 0.1) is 5.41 Å². The van der Waals surface area contributed by atoms with Crippen molar-refractivity contribution in [2.24, 2.45) is 11.3 Å². The van der Waals surface area contributed by atoms with Crippen molar-refractivity contribution in [3.63, 3.8) is 0 Å². The molecule has 1 aliphatic rings. The van der Waals surface area contributed by atoms with Gasteiger partial charge in [0, 0.05) is 12.0 Å². The lowest BCUT2D eigenvalue weighted by atomic mass is 9.86. The van der Waals surface area contributed by atoms with Crippen molar-refractivity contribution in [2.75, 3.05) is 13.2 Å². The Morgan fingerprint density at radius 2 is 2.36 bits per heavy atom. The number of hydrogen-bond acceptors (Lipinski definition) is 3. The van der Waals surface area contributed by atoms with E-state index in [0.29, 0.717) is 12.7 Å². The minimum absolute atomic E-state index is 0.0608. The van der Waals surface area contributed by atoms with Gasteiger partial charge >= 0.3 is 0 Å². The molecule has 0 spiro atoms. The highest BCUT2D eigenvalue weighted by molar-refractivity contribution is 4.81. The molecular weight excluding hydrogens is 142 g/mol. The van der Waals surface area contributed by atoms with E-state index in [4.69, 9.17) is 10.6 Å². The highest BCUT2D eigenvalue weighted by atomic mass is 16.6. The van der Waals surface area contributed by atoms with Crippen molar-refractivity contribution in [1.29, 1.82) is 0 Å². The third-order valence-corrected chi connectivity index (χ3v) is 2.26. The van der Waals surface area contributed by atoms with Crippen molar-refractivity contribution < 1.29 is 9.57 Å². The fourth-order valence-electron chi connectivity index (χ4n) is 1.50. The Hall–Kier alpha value is -0.120. The molecule has 1 fully saturated rings. The van der Waals surface area contributed by atoms with Gasteiger partial charge in [-0.2, -0.15) is 0 Å². The molecule has 1 unspecified atom stereocenters. The topological polar surface area (TPSA) is 44.5 Å². The Balaban J connectivity index is 2.41. The summed E-state index contributed by atoms with van der Waals surface area (Å²) in [4.78, 5) is 4.64. The van der Waals surface area contributed by atoms with E-state index in [1.807, 2.05) is 0 Å². The standard InChI is InChI=1S/C8H17NO2/c1-8(2,6-11-9)7-4-3-5-10-7/h7H,3-6,9H2,1-2H3. The van der Waals surface area contributed by atoms with E-state index in [1.54, 1.807) is 0 Å². The number of hydrogen-bond donors (Lipinski definition) is 1. The Bertz CT molecular complexity index is 119. The predicted molar refractivity (Wildman–Crippen MR) is 42.9 cm³/mol. The zero-order valence-corrected chi connectivity index (χ0v) is 7.30. The van der Waals surface area contributed by atoms with Gasteiger partial charge in [0.1, 0.15) is 0 Å². The van der Waals surface area contributed by atoms with E-state index < -0.39 is 0 Å². The number of nitrogens with two attached hydrogens (primary N) is 1. The van der Waals surface area contributed by atoms with E-state index >= 15 is 0 Å². The molecule has 1 saturated heterocycles. The van der Waals surface area contributed by atoms with E-state index in [0.717, 1.165) is 13.0 Å². The maximum absolute atomic E-state index is 5.53. The molecule has 3 heteroatoms. The molecule has 0 aliphatic carbocycles. The molecule has 2 N–H and O–H groups in total. The molecule has 1 atom stereocenters. The Morgan fingerprint density at radius 1 is 1.64 bits per heavy atom. The maximum Gasteiger partial charge on any atom is 0.0755 e. The van der Waals surface area contributed by atoms with E-state index in [9.17, 15) is 0 Å². The summed E-state index contributed by atoms with van der Waals surface area (Å²) in [6.07, 6.45) is 2.63. The third kappa shape index (κ3) is 2.15. The minimum Gasteiger partial charge on any atom is -0.378 e. The normalized spacial score (nSPS) is 25.9. The molecule has 0 saturated carbocycles. The molecule has 0 aromatic heterocycles. The zero-order valence-electron chi connectivity index (χ0n) is 7.30. The average Bonchev–Trinajstić information content (AvgIpc) is 2.37. The number of ether oxygens (including phenoxy) is 1. The van der Waals surface area contributed by atoms with Crippen molar-refractivity contribution in [3.05, 3.63) is 0 Å². The number of rotatable bonds is 3. The second kappa shape index (κ2) is 3.52. The van der Waals surface area contributed by atoms with Crippen molar-refractivity contribution in [2.45, 2.75) is 32.8 Å². The summed E-state index contributed by atoms with van der Waals surface area (Å²) in [5, 5.41) is 0. The van der Waals surface area contributed by atoms with Gasteiger partial charge in [0.25, 0.3) is 0 Å². The summed E-state index contributed by atoms with van der Waals surface area (Å²) in [6, 6.07) is 0. The molecule has 1 aliphatic heterocycles. The monoisotopic (exact) mass is 159 g/mol. The Kier molecular flexibility index (Phi) is 2.87. The van der Waals surface area contributed by atoms with E-state index in [1.165, 1.54) is 6.42 Å². The van der Waals surface area contributed by atoms with Gasteiger partial charge in [-0.3, -0.25) is 0 Å². The minimum atomic E-state index is 0.0608. The molecule has 0 amide bonds. The zero-order chi connectivity index (χ0) is 8.32. The SMILES string of the molecule is CC(C)(CON)C1CCCO1. The lowest BCUT2D eigenvalue weighted by Gasteiger charge is -2.29. The first kappa shape index (κ1) is 8.97. The first-order valence-corrected chi connectivity index (χ1v) is 4.10. The van der Waals surface area contributed by atoms with Crippen molar-refractivity contribution in [3.8, 4) is 0 Å². The molecule has 11 heavy (non-hydrogen) atoms. The van der Waals surface area contributed by atoms with Gasteiger partial charge in [-0.25, -0.2) is 5.90 Å². The summed E-state index contributed by atoms with van der Waals surface area (Å²) in [5.74, 6) is 5.03. The summed E-state index contributed by atoms with van der Waals surface area (Å²) >= 11 is 0. The third-order valence-electron chi connectivity index (χ3n) is 2.26. The van der Waals surface area contributed by atoms with Crippen LogP contribution in [-0.4, -0.2) is 19.3 Å². The highest BCUT2D eigenvalue weighted by Crippen LogP contribution is 2.30. The van der Waals surface area contributed by atoms with Crippen LogP contribution in [0.2, 0.25) is 0 Å². The molecule has 0 aromatic rings. The lowest BCUT2D eigenvalue weighted by Crippen LogP contribution is -2.34. The summed E-state index contributed by atoms with van der Waals surface area (Å²) in [5.41, 5.74) is 0.0608. The van der Waals surface area contributed by atoms with Crippen LogP contribution in [0.3, 0.4) is 0 Å². The molecule has 0 radical (unpaired) electrons. The van der Waals surface area contributed by atoms with Crippen LogP contribution in [0.15, 0.2) is 0 Å². The Morgan fingerprint density at radius 3 is 2.82 bits per heavy atom. The smallest absolute Gasteiger partial charge is 0.0755 e. The molecule has 3 nitrogen and oxygen atoms in total. The quantitative estimate of drug-likeness (QED) is 0.627. The fraction of sp³-hybridized carbons (Fsp3) is 1.00. The van der Waals surface area contributed by atoms with E-state index in [-0.39, 0.29) is 5.41 Å². The van der Waals surface area contributed by atoms with Crippen LogP contribution in [0.4, 0.5) is 0 Å². The van der Waals surface area contributed by atoms with Crippen LogP contribution in [0.1, 0.15) is 26.7 Å². The van der Waals surface area contributed by atoms with Gasteiger partial charge < -0.3 is 9.57 Å². The van der Waals surface area contributed by atoms with Crippen LogP contribution >= 0.6 is 0 Å². The second-order valence-corrected chi connectivity index (χ2v) is 3.80. The van der Waals surface area contributed by atoms with Gasteiger partial charge in [-0.15, -0.1) is 0 Å². The summed E-state index contributed by atoms with van der Waals surface area (Å²) in [7, 11) is 0.